The summed E-state index contributed by atoms with van der Waals surface area (Å²) in [7, 11) is 1.83. The Morgan fingerprint density at radius 2 is 2.20 bits per heavy atom. The fourth-order valence-electron chi connectivity index (χ4n) is 1.91. The number of hydrogen-bond donors (Lipinski definition) is 2. The molecule has 0 radical (unpaired) electrons. The maximum atomic E-state index is 8.87. The van der Waals surface area contributed by atoms with Crippen molar-refractivity contribution in [3.8, 4) is 0 Å². The molecule has 0 spiro atoms. The Kier molecular flexibility index (Phi) is 4.57. The fraction of sp³-hybridized carbons (Fsp3) is 0.231. The van der Waals surface area contributed by atoms with Gasteiger partial charge in [0.1, 0.15) is 5.03 Å². The van der Waals surface area contributed by atoms with Gasteiger partial charge in [0.2, 0.25) is 0 Å². The van der Waals surface area contributed by atoms with Crippen molar-refractivity contribution in [2.75, 3.05) is 0 Å². The van der Waals surface area contributed by atoms with E-state index in [1.54, 1.807) is 16.4 Å². The van der Waals surface area contributed by atoms with Gasteiger partial charge in [-0.1, -0.05) is 35.0 Å². The van der Waals surface area contributed by atoms with Gasteiger partial charge in [0.15, 0.2) is 5.84 Å². The SMILES string of the molecule is Cc1nn(C)c(SCc2ccccc2Cl)c1/C(N)=N/O. The number of oxime groups is 1. The van der Waals surface area contributed by atoms with Crippen molar-refractivity contribution in [3.05, 3.63) is 46.1 Å². The lowest BCUT2D eigenvalue weighted by molar-refractivity contribution is 0.318. The predicted molar refractivity (Wildman–Crippen MR) is 81.5 cm³/mol. The van der Waals surface area contributed by atoms with Crippen molar-refractivity contribution in [2.45, 2.75) is 17.7 Å². The van der Waals surface area contributed by atoms with Gasteiger partial charge in [0.05, 0.1) is 11.3 Å². The van der Waals surface area contributed by atoms with Crippen LogP contribution in [0, 0.1) is 6.92 Å². The molecule has 0 atom stereocenters. The number of nitrogens with two attached hydrogens (primary N) is 1. The van der Waals surface area contributed by atoms with Crippen molar-refractivity contribution in [2.24, 2.45) is 17.9 Å². The summed E-state index contributed by atoms with van der Waals surface area (Å²) in [5, 5.41) is 17.8. The molecule has 106 valence electrons. The third kappa shape index (κ3) is 2.91. The van der Waals surface area contributed by atoms with Crippen molar-refractivity contribution >= 4 is 29.2 Å². The van der Waals surface area contributed by atoms with Crippen LogP contribution >= 0.6 is 23.4 Å². The van der Waals surface area contributed by atoms with Crippen LogP contribution in [0.1, 0.15) is 16.8 Å². The van der Waals surface area contributed by atoms with Gasteiger partial charge >= 0.3 is 0 Å². The number of aromatic nitrogens is 2. The molecule has 2 aromatic rings. The maximum absolute atomic E-state index is 8.87. The van der Waals surface area contributed by atoms with Crippen LogP contribution in [0.3, 0.4) is 0 Å². The summed E-state index contributed by atoms with van der Waals surface area (Å²) in [5.41, 5.74) is 8.13. The second kappa shape index (κ2) is 6.19. The van der Waals surface area contributed by atoms with Gasteiger partial charge in [0, 0.05) is 17.8 Å². The van der Waals surface area contributed by atoms with Gasteiger partial charge in [0.25, 0.3) is 0 Å². The average molecular weight is 311 g/mol. The van der Waals surface area contributed by atoms with Crippen LogP contribution in [0.5, 0.6) is 0 Å². The largest absolute Gasteiger partial charge is 0.409 e. The number of aryl methyl sites for hydroxylation is 2. The topological polar surface area (TPSA) is 76.4 Å². The lowest BCUT2D eigenvalue weighted by Gasteiger charge is -2.06. The molecule has 0 bridgehead atoms. The highest BCUT2D eigenvalue weighted by Gasteiger charge is 2.17. The molecule has 7 heteroatoms. The number of halogens is 1. The normalized spacial score (nSPS) is 11.8. The van der Waals surface area contributed by atoms with E-state index in [2.05, 4.69) is 10.3 Å². The van der Waals surface area contributed by atoms with Crippen LogP contribution in [0.15, 0.2) is 34.4 Å². The third-order valence-electron chi connectivity index (χ3n) is 2.86. The van der Waals surface area contributed by atoms with Crippen LogP contribution in [-0.4, -0.2) is 20.8 Å². The predicted octanol–water partition coefficient (Wildman–Crippen LogP) is 2.77. The summed E-state index contributed by atoms with van der Waals surface area (Å²) >= 11 is 7.69. The molecule has 3 N–H and O–H groups in total. The summed E-state index contributed by atoms with van der Waals surface area (Å²) in [6.07, 6.45) is 0. The minimum Gasteiger partial charge on any atom is -0.409 e. The zero-order chi connectivity index (χ0) is 14.7. The summed E-state index contributed by atoms with van der Waals surface area (Å²) in [6, 6.07) is 7.67. The van der Waals surface area contributed by atoms with E-state index in [0.29, 0.717) is 11.3 Å². The molecule has 1 aromatic heterocycles. The monoisotopic (exact) mass is 310 g/mol. The maximum Gasteiger partial charge on any atom is 0.174 e. The smallest absolute Gasteiger partial charge is 0.174 e. The van der Waals surface area contributed by atoms with Gasteiger partial charge in [-0.25, -0.2) is 0 Å². The molecular formula is C13H15ClN4OS. The van der Waals surface area contributed by atoms with Crippen molar-refractivity contribution in [1.82, 2.24) is 9.78 Å². The van der Waals surface area contributed by atoms with E-state index >= 15 is 0 Å². The highest BCUT2D eigenvalue weighted by molar-refractivity contribution is 7.98. The number of nitrogens with zero attached hydrogens (tertiary/aromatic N) is 3. The Bertz CT molecular complexity index is 654. The van der Waals surface area contributed by atoms with Crippen LogP contribution < -0.4 is 5.73 Å². The van der Waals surface area contributed by atoms with E-state index in [9.17, 15) is 0 Å². The van der Waals surface area contributed by atoms with Gasteiger partial charge < -0.3 is 10.9 Å². The molecular weight excluding hydrogens is 296 g/mol. The number of benzene rings is 1. The van der Waals surface area contributed by atoms with Gasteiger partial charge in [-0.15, -0.1) is 11.8 Å². The molecule has 0 saturated heterocycles. The van der Waals surface area contributed by atoms with E-state index in [1.807, 2.05) is 38.2 Å². The standard InChI is InChI=1S/C13H15ClN4OS/c1-8-11(12(15)17-19)13(18(2)16-8)20-7-9-5-3-4-6-10(9)14/h3-6,19H,7H2,1-2H3,(H2,15,17). The molecule has 20 heavy (non-hydrogen) atoms. The van der Waals surface area contributed by atoms with Crippen LogP contribution in [0.25, 0.3) is 0 Å². The first-order valence-electron chi connectivity index (χ1n) is 5.92. The molecule has 0 aliphatic rings. The Morgan fingerprint density at radius 1 is 1.50 bits per heavy atom. The van der Waals surface area contributed by atoms with Gasteiger partial charge in [-0.2, -0.15) is 5.10 Å². The zero-order valence-electron chi connectivity index (χ0n) is 11.2. The van der Waals surface area contributed by atoms with Crippen LogP contribution in [0.4, 0.5) is 0 Å². The lowest BCUT2D eigenvalue weighted by Crippen LogP contribution is -2.15. The van der Waals surface area contributed by atoms with Crippen molar-refractivity contribution in [1.29, 1.82) is 0 Å². The molecule has 0 fully saturated rings. The van der Waals surface area contributed by atoms with E-state index in [4.69, 9.17) is 22.5 Å². The molecule has 2 rings (SSSR count). The van der Waals surface area contributed by atoms with Gasteiger partial charge in [-0.05, 0) is 18.6 Å². The number of thioether (sulfide) groups is 1. The Balaban J connectivity index is 2.28. The van der Waals surface area contributed by atoms with E-state index in [1.165, 1.54) is 0 Å². The summed E-state index contributed by atoms with van der Waals surface area (Å²) in [4.78, 5) is 0. The second-order valence-electron chi connectivity index (χ2n) is 4.25. The summed E-state index contributed by atoms with van der Waals surface area (Å²) in [5.74, 6) is 0.752. The second-order valence-corrected chi connectivity index (χ2v) is 5.63. The molecule has 5 nitrogen and oxygen atoms in total. The summed E-state index contributed by atoms with van der Waals surface area (Å²) in [6.45, 7) is 1.83. The molecule has 0 aliphatic heterocycles. The first-order valence-corrected chi connectivity index (χ1v) is 7.28. The van der Waals surface area contributed by atoms with E-state index in [-0.39, 0.29) is 5.84 Å². The third-order valence-corrected chi connectivity index (χ3v) is 4.42. The fourth-order valence-corrected chi connectivity index (χ4v) is 3.36. The summed E-state index contributed by atoms with van der Waals surface area (Å²) < 4.78 is 1.73. The van der Waals surface area contributed by atoms with Crippen molar-refractivity contribution in [3.63, 3.8) is 0 Å². The number of hydrogen-bond acceptors (Lipinski definition) is 4. The molecule has 1 aromatic carbocycles. The van der Waals surface area contributed by atoms with Crippen LogP contribution in [-0.2, 0) is 12.8 Å². The molecule has 0 saturated carbocycles. The van der Waals surface area contributed by atoms with E-state index < -0.39 is 0 Å². The zero-order valence-corrected chi connectivity index (χ0v) is 12.7. The quantitative estimate of drug-likeness (QED) is 0.299. The minimum atomic E-state index is 0.0669. The lowest BCUT2D eigenvalue weighted by atomic mass is 10.2. The molecule has 0 aliphatic carbocycles. The Hall–Kier alpha value is -1.66. The van der Waals surface area contributed by atoms with Crippen LogP contribution in [0.2, 0.25) is 5.02 Å². The van der Waals surface area contributed by atoms with Crippen molar-refractivity contribution < 1.29 is 5.21 Å². The van der Waals surface area contributed by atoms with E-state index in [0.717, 1.165) is 21.3 Å². The first kappa shape index (κ1) is 14.7. The first-order chi connectivity index (χ1) is 9.54. The Morgan fingerprint density at radius 3 is 2.85 bits per heavy atom. The molecule has 0 unspecified atom stereocenters. The highest BCUT2D eigenvalue weighted by atomic mass is 35.5. The minimum absolute atomic E-state index is 0.0669. The van der Waals surface area contributed by atoms with Gasteiger partial charge in [-0.3, -0.25) is 4.68 Å². The molecule has 1 heterocycles. The molecule has 0 amide bonds. The number of rotatable bonds is 4. The Labute approximate surface area is 126 Å². The average Bonchev–Trinajstić information content (AvgIpc) is 2.71. The number of amidine groups is 1. The highest BCUT2D eigenvalue weighted by Crippen LogP contribution is 2.30.